The molecule has 1 heterocycles. The van der Waals surface area contributed by atoms with Crippen molar-refractivity contribution >= 4 is 35.1 Å². The zero-order valence-corrected chi connectivity index (χ0v) is 9.99. The second-order valence-electron chi connectivity index (χ2n) is 2.99. The number of aryl methyl sites for hydroxylation is 1. The first-order valence-electron chi connectivity index (χ1n) is 4.51. The molecule has 76 valence electrons. The Hall–Kier alpha value is -0.600. The van der Waals surface area contributed by atoms with Gasteiger partial charge in [-0.1, -0.05) is 18.6 Å². The van der Waals surface area contributed by atoms with E-state index in [0.717, 1.165) is 16.3 Å². The smallest absolute Gasteiger partial charge is 0.0465 e. The minimum Gasteiger partial charge on any atom is -0.360 e. The molecule has 0 saturated heterocycles. The van der Waals surface area contributed by atoms with Gasteiger partial charge in [-0.2, -0.15) is 0 Å². The van der Waals surface area contributed by atoms with Crippen molar-refractivity contribution in [3.8, 4) is 0 Å². The summed E-state index contributed by atoms with van der Waals surface area (Å²) in [6, 6.07) is 6.30. The minimum atomic E-state index is 0.722. The van der Waals surface area contributed by atoms with Crippen molar-refractivity contribution in [2.45, 2.75) is 18.7 Å². The van der Waals surface area contributed by atoms with E-state index in [-0.39, 0.29) is 0 Å². The number of rotatable bonds is 0. The fraction of sp³-hybridized carbons (Fsp3) is 0.273. The number of nitrogens with one attached hydrogen (secondary N) is 1. The van der Waals surface area contributed by atoms with E-state index in [1.54, 1.807) is 0 Å². The fourth-order valence-corrected chi connectivity index (χ4v) is 1.47. The van der Waals surface area contributed by atoms with E-state index < -0.39 is 0 Å². The Labute approximate surface area is 94.9 Å². The van der Waals surface area contributed by atoms with E-state index in [9.17, 15) is 0 Å². The van der Waals surface area contributed by atoms with E-state index in [0.29, 0.717) is 0 Å². The number of hydrogen-bond acceptors (Lipinski definition) is 1. The van der Waals surface area contributed by atoms with Gasteiger partial charge in [0.05, 0.1) is 0 Å². The third-order valence-corrected chi connectivity index (χ3v) is 2.19. The lowest BCUT2D eigenvalue weighted by Gasteiger charge is -1.92. The Morgan fingerprint density at radius 2 is 2.07 bits per heavy atom. The van der Waals surface area contributed by atoms with Gasteiger partial charge in [-0.05, 0) is 19.1 Å². The zero-order chi connectivity index (χ0) is 10.6. The van der Waals surface area contributed by atoms with E-state index in [2.05, 4.69) is 42.7 Å². The lowest BCUT2D eigenvalue weighted by atomic mass is 10.2. The molecule has 0 unspecified atom stereocenters. The van der Waals surface area contributed by atoms with Crippen molar-refractivity contribution in [2.24, 2.45) is 0 Å². The van der Waals surface area contributed by atoms with Gasteiger partial charge >= 0.3 is 0 Å². The summed E-state index contributed by atoms with van der Waals surface area (Å²) in [5.74, 6) is 0.722. The third kappa shape index (κ3) is 2.69. The number of thiol groups is 1. The Morgan fingerprint density at radius 1 is 1.43 bits per heavy atom. The van der Waals surface area contributed by atoms with Crippen molar-refractivity contribution in [1.29, 1.82) is 0 Å². The van der Waals surface area contributed by atoms with Crippen LogP contribution in [0.15, 0.2) is 29.3 Å². The van der Waals surface area contributed by atoms with Crippen molar-refractivity contribution in [3.05, 3.63) is 30.0 Å². The monoisotopic (exact) mass is 227 g/mol. The molecule has 0 aliphatic carbocycles. The molecule has 0 fully saturated rings. The first-order valence-corrected chi connectivity index (χ1v) is 5.50. The number of aromatic amines is 1. The number of alkyl halides is 1. The lowest BCUT2D eigenvalue weighted by Crippen LogP contribution is -1.70. The van der Waals surface area contributed by atoms with Crippen molar-refractivity contribution in [2.75, 3.05) is 5.88 Å². The fourth-order valence-electron chi connectivity index (χ4n) is 1.22. The Balaban J connectivity index is 0.000000293. The van der Waals surface area contributed by atoms with Gasteiger partial charge in [0.2, 0.25) is 0 Å². The summed E-state index contributed by atoms with van der Waals surface area (Å²) in [6.45, 7) is 3.97. The molecule has 0 bridgehead atoms. The van der Waals surface area contributed by atoms with E-state index >= 15 is 0 Å². The van der Waals surface area contributed by atoms with Crippen LogP contribution in [0.25, 0.3) is 10.9 Å². The highest BCUT2D eigenvalue weighted by atomic mass is 35.5. The number of fused-ring (bicyclic) bond motifs is 1. The molecule has 0 spiro atoms. The van der Waals surface area contributed by atoms with Gasteiger partial charge in [-0.15, -0.1) is 24.2 Å². The summed E-state index contributed by atoms with van der Waals surface area (Å²) in [6.07, 6.45) is 1.91. The highest BCUT2D eigenvalue weighted by Crippen LogP contribution is 2.21. The maximum atomic E-state index is 5.00. The maximum Gasteiger partial charge on any atom is 0.0465 e. The number of aromatic nitrogens is 1. The molecule has 2 aromatic rings. The van der Waals surface area contributed by atoms with Crippen LogP contribution >= 0.6 is 24.2 Å². The molecule has 1 nitrogen and oxygen atoms in total. The largest absolute Gasteiger partial charge is 0.360 e. The quantitative estimate of drug-likeness (QED) is 0.500. The zero-order valence-electron chi connectivity index (χ0n) is 8.34. The molecule has 0 amide bonds. The minimum absolute atomic E-state index is 0.722. The number of benzene rings is 1. The van der Waals surface area contributed by atoms with Gasteiger partial charge in [-0.3, -0.25) is 0 Å². The van der Waals surface area contributed by atoms with Crippen LogP contribution in [-0.2, 0) is 0 Å². The first-order chi connectivity index (χ1) is 6.69. The molecule has 14 heavy (non-hydrogen) atoms. The topological polar surface area (TPSA) is 15.8 Å². The second kappa shape index (κ2) is 5.32. The highest BCUT2D eigenvalue weighted by Gasteiger charge is 1.97. The number of hydrogen-bond donors (Lipinski definition) is 2. The molecule has 0 radical (unpaired) electrons. The summed E-state index contributed by atoms with van der Waals surface area (Å²) in [5, 5.41) is 1.20. The normalized spacial score (nSPS) is 9.71. The molecule has 0 aliphatic rings. The molecule has 1 aromatic carbocycles. The average Bonchev–Trinajstić information content (AvgIpc) is 2.49. The van der Waals surface area contributed by atoms with Crippen LogP contribution in [0.3, 0.4) is 0 Å². The molecular formula is C11H14ClNS. The van der Waals surface area contributed by atoms with Gasteiger partial charge in [-0.25, -0.2) is 0 Å². The summed E-state index contributed by atoms with van der Waals surface area (Å²) >= 11 is 9.32. The molecule has 0 atom stereocenters. The van der Waals surface area contributed by atoms with Crippen LogP contribution in [0.2, 0.25) is 0 Å². The van der Waals surface area contributed by atoms with Crippen LogP contribution in [0.1, 0.15) is 12.5 Å². The van der Waals surface area contributed by atoms with Gasteiger partial charge in [0.15, 0.2) is 0 Å². The number of H-pyrrole nitrogens is 1. The summed E-state index contributed by atoms with van der Waals surface area (Å²) in [7, 11) is 0. The van der Waals surface area contributed by atoms with Crippen LogP contribution < -0.4 is 0 Å². The molecule has 0 aliphatic heterocycles. The summed E-state index contributed by atoms with van der Waals surface area (Å²) in [4.78, 5) is 4.16. The van der Waals surface area contributed by atoms with E-state index in [1.165, 1.54) is 10.9 Å². The summed E-state index contributed by atoms with van der Waals surface area (Å²) in [5.41, 5.74) is 2.42. The van der Waals surface area contributed by atoms with E-state index in [4.69, 9.17) is 11.6 Å². The van der Waals surface area contributed by atoms with Gasteiger partial charge in [0.25, 0.3) is 0 Å². The first kappa shape index (κ1) is 11.5. The van der Waals surface area contributed by atoms with Crippen LogP contribution in [0, 0.1) is 6.92 Å². The maximum absolute atomic E-state index is 5.00. The third-order valence-electron chi connectivity index (χ3n) is 1.82. The van der Waals surface area contributed by atoms with Gasteiger partial charge in [0, 0.05) is 27.9 Å². The molecule has 3 heteroatoms. The lowest BCUT2D eigenvalue weighted by molar-refractivity contribution is 1.42. The van der Waals surface area contributed by atoms with E-state index in [1.807, 2.05) is 13.1 Å². The Bertz CT molecular complexity index is 409. The van der Waals surface area contributed by atoms with Crippen molar-refractivity contribution < 1.29 is 0 Å². The second-order valence-corrected chi connectivity index (χ2v) is 4.01. The predicted octanol–water partition coefficient (Wildman–Crippen LogP) is 4.01. The molecule has 2 rings (SSSR count). The van der Waals surface area contributed by atoms with Crippen molar-refractivity contribution in [1.82, 2.24) is 4.98 Å². The standard InChI is InChI=1S/C9H9NS.C2H5Cl/c1-6-2-3-8-7(4-6)9(11)5-10-8;1-2-3/h2-5,10-11H,1H3;2H2,1H3. The molecule has 0 saturated carbocycles. The van der Waals surface area contributed by atoms with Crippen LogP contribution in [0.4, 0.5) is 0 Å². The molecular weight excluding hydrogens is 214 g/mol. The SMILES string of the molecule is CCCl.Cc1ccc2[nH]cc(S)c2c1. The Kier molecular flexibility index (Phi) is 4.36. The van der Waals surface area contributed by atoms with Crippen molar-refractivity contribution in [3.63, 3.8) is 0 Å². The number of halogens is 1. The Morgan fingerprint density at radius 3 is 2.71 bits per heavy atom. The average molecular weight is 228 g/mol. The van der Waals surface area contributed by atoms with Gasteiger partial charge in [0.1, 0.15) is 0 Å². The van der Waals surface area contributed by atoms with Crippen LogP contribution in [-0.4, -0.2) is 10.9 Å². The molecule has 1 N–H and O–H groups in total. The predicted molar refractivity (Wildman–Crippen MR) is 66.7 cm³/mol. The van der Waals surface area contributed by atoms with Crippen LogP contribution in [0.5, 0.6) is 0 Å². The highest BCUT2D eigenvalue weighted by molar-refractivity contribution is 7.80. The van der Waals surface area contributed by atoms with Gasteiger partial charge < -0.3 is 4.98 Å². The summed E-state index contributed by atoms with van der Waals surface area (Å²) < 4.78 is 0. The molecule has 1 aromatic heterocycles.